The van der Waals surface area contributed by atoms with Crippen LogP contribution in [0.3, 0.4) is 0 Å². The number of hydrogen-bond donors (Lipinski definition) is 1. The molecule has 0 bridgehead atoms. The number of carbonyl (C=O) groups is 2. The van der Waals surface area contributed by atoms with E-state index in [0.29, 0.717) is 18.8 Å². The maximum Gasteiger partial charge on any atom is 0.305 e. The zero-order valence-corrected chi connectivity index (χ0v) is 13.1. The number of carboxylic acid groups (broad SMARTS) is 1. The van der Waals surface area contributed by atoms with E-state index in [1.165, 1.54) is 11.3 Å². The molecule has 1 unspecified atom stereocenters. The van der Waals surface area contributed by atoms with Crippen LogP contribution in [0.4, 0.5) is 0 Å². The van der Waals surface area contributed by atoms with Crippen LogP contribution in [0, 0.1) is 0 Å². The number of furan rings is 1. The van der Waals surface area contributed by atoms with Gasteiger partial charge in [-0.3, -0.25) is 9.59 Å². The van der Waals surface area contributed by atoms with Gasteiger partial charge in [0, 0.05) is 17.5 Å². The second-order valence-corrected chi connectivity index (χ2v) is 6.10. The number of carbonyl (C=O) groups excluding carboxylic acids is 1. The van der Waals surface area contributed by atoms with E-state index in [-0.39, 0.29) is 25.4 Å². The summed E-state index contributed by atoms with van der Waals surface area (Å²) in [6.45, 7) is 1.10. The van der Waals surface area contributed by atoms with Crippen molar-refractivity contribution in [1.29, 1.82) is 0 Å². The van der Waals surface area contributed by atoms with Crippen molar-refractivity contribution < 1.29 is 23.8 Å². The van der Waals surface area contributed by atoms with Crippen LogP contribution in [-0.4, -0.2) is 52.7 Å². The predicted octanol–water partition coefficient (Wildman–Crippen LogP) is 1.65. The Morgan fingerprint density at radius 1 is 1.48 bits per heavy atom. The van der Waals surface area contributed by atoms with Gasteiger partial charge in [0.1, 0.15) is 11.3 Å². The average molecular weight is 336 g/mol. The molecule has 0 radical (unpaired) electrons. The number of rotatable bonds is 5. The van der Waals surface area contributed by atoms with E-state index >= 15 is 0 Å². The molecule has 1 amide bonds. The van der Waals surface area contributed by atoms with Crippen LogP contribution in [0.5, 0.6) is 0 Å². The van der Waals surface area contributed by atoms with Gasteiger partial charge in [0.05, 0.1) is 44.1 Å². The Bertz CT molecular complexity index is 682. The summed E-state index contributed by atoms with van der Waals surface area (Å²) in [6.07, 6.45) is 3.23. The van der Waals surface area contributed by atoms with Crippen LogP contribution in [0.2, 0.25) is 0 Å². The Kier molecular flexibility index (Phi) is 4.73. The predicted molar refractivity (Wildman–Crippen MR) is 82.1 cm³/mol. The molecule has 1 N–H and O–H groups in total. The van der Waals surface area contributed by atoms with E-state index in [4.69, 9.17) is 14.3 Å². The lowest BCUT2D eigenvalue weighted by molar-refractivity contribution is -0.145. The Labute approximate surface area is 136 Å². The summed E-state index contributed by atoms with van der Waals surface area (Å²) in [5.41, 5.74) is 1.56. The van der Waals surface area contributed by atoms with Gasteiger partial charge in [-0.1, -0.05) is 0 Å². The van der Waals surface area contributed by atoms with Gasteiger partial charge in [-0.15, -0.1) is 11.3 Å². The number of ether oxygens (including phenoxy) is 1. The van der Waals surface area contributed by atoms with E-state index in [2.05, 4.69) is 4.98 Å². The van der Waals surface area contributed by atoms with Crippen molar-refractivity contribution in [2.45, 2.75) is 18.9 Å². The summed E-state index contributed by atoms with van der Waals surface area (Å²) in [4.78, 5) is 29.4. The van der Waals surface area contributed by atoms with Crippen molar-refractivity contribution >= 4 is 23.2 Å². The molecule has 1 aliphatic heterocycles. The molecule has 3 heterocycles. The highest BCUT2D eigenvalue weighted by Crippen LogP contribution is 2.24. The van der Waals surface area contributed by atoms with Crippen LogP contribution in [0.15, 0.2) is 28.4 Å². The van der Waals surface area contributed by atoms with Gasteiger partial charge in [-0.05, 0) is 6.07 Å². The largest absolute Gasteiger partial charge is 0.481 e. The third-order valence-corrected chi connectivity index (χ3v) is 4.55. The van der Waals surface area contributed by atoms with Gasteiger partial charge in [0.25, 0.3) is 0 Å². The van der Waals surface area contributed by atoms with Crippen LogP contribution in [0.25, 0.3) is 10.6 Å². The molecule has 3 rings (SSSR count). The second-order valence-electron chi connectivity index (χ2n) is 5.25. The minimum Gasteiger partial charge on any atom is -0.481 e. The number of amides is 1. The fraction of sp³-hybridized carbons (Fsp3) is 0.400. The average Bonchev–Trinajstić information content (AvgIpc) is 3.17. The SMILES string of the molecule is O=C(O)CC1COCCN1C(=O)Cc1csc(-c2ccoc2)n1. The summed E-state index contributed by atoms with van der Waals surface area (Å²) in [6, 6.07) is 1.40. The molecule has 0 saturated carbocycles. The zero-order chi connectivity index (χ0) is 16.2. The van der Waals surface area contributed by atoms with Crippen molar-refractivity contribution in [2.24, 2.45) is 0 Å². The topological polar surface area (TPSA) is 92.9 Å². The minimum absolute atomic E-state index is 0.108. The normalized spacial score (nSPS) is 18.1. The lowest BCUT2D eigenvalue weighted by Crippen LogP contribution is -2.50. The van der Waals surface area contributed by atoms with Crippen LogP contribution < -0.4 is 0 Å². The molecule has 0 spiro atoms. The number of hydrogen-bond acceptors (Lipinski definition) is 6. The molecule has 0 aliphatic carbocycles. The maximum absolute atomic E-state index is 12.5. The van der Waals surface area contributed by atoms with E-state index in [9.17, 15) is 9.59 Å². The molecule has 1 atom stereocenters. The lowest BCUT2D eigenvalue weighted by Gasteiger charge is -2.34. The molecule has 1 aliphatic rings. The van der Waals surface area contributed by atoms with Crippen molar-refractivity contribution in [3.63, 3.8) is 0 Å². The molecular weight excluding hydrogens is 320 g/mol. The van der Waals surface area contributed by atoms with E-state index < -0.39 is 12.0 Å². The number of nitrogens with zero attached hydrogens (tertiary/aromatic N) is 2. The Hall–Kier alpha value is -2.19. The zero-order valence-electron chi connectivity index (χ0n) is 12.3. The molecule has 7 nitrogen and oxygen atoms in total. The highest BCUT2D eigenvalue weighted by Gasteiger charge is 2.29. The monoisotopic (exact) mass is 336 g/mol. The highest BCUT2D eigenvalue weighted by molar-refractivity contribution is 7.13. The van der Waals surface area contributed by atoms with E-state index in [1.807, 2.05) is 11.4 Å². The first-order valence-corrected chi connectivity index (χ1v) is 8.07. The number of thiazole rings is 1. The highest BCUT2D eigenvalue weighted by atomic mass is 32.1. The van der Waals surface area contributed by atoms with Gasteiger partial charge in [0.15, 0.2) is 0 Å². The fourth-order valence-corrected chi connectivity index (χ4v) is 3.32. The molecule has 2 aromatic heterocycles. The first-order chi connectivity index (χ1) is 11.1. The van der Waals surface area contributed by atoms with Gasteiger partial charge in [0.2, 0.25) is 5.91 Å². The van der Waals surface area contributed by atoms with Crippen LogP contribution in [0.1, 0.15) is 12.1 Å². The summed E-state index contributed by atoms with van der Waals surface area (Å²) >= 11 is 1.45. The molecule has 23 heavy (non-hydrogen) atoms. The minimum atomic E-state index is -0.936. The van der Waals surface area contributed by atoms with Gasteiger partial charge in [-0.25, -0.2) is 4.98 Å². The Morgan fingerprint density at radius 3 is 3.09 bits per heavy atom. The van der Waals surface area contributed by atoms with Crippen molar-refractivity contribution in [2.75, 3.05) is 19.8 Å². The third kappa shape index (κ3) is 3.77. The molecule has 2 aromatic rings. The van der Waals surface area contributed by atoms with Crippen LogP contribution >= 0.6 is 11.3 Å². The van der Waals surface area contributed by atoms with E-state index in [1.54, 1.807) is 17.4 Å². The Morgan fingerprint density at radius 2 is 2.35 bits per heavy atom. The van der Waals surface area contributed by atoms with Crippen molar-refractivity contribution in [3.8, 4) is 10.6 Å². The van der Waals surface area contributed by atoms with Crippen molar-refractivity contribution in [1.82, 2.24) is 9.88 Å². The number of aliphatic carboxylic acids is 1. The molecule has 8 heteroatoms. The molecule has 1 saturated heterocycles. The third-order valence-electron chi connectivity index (χ3n) is 3.61. The smallest absolute Gasteiger partial charge is 0.305 e. The molecule has 1 fully saturated rings. The van der Waals surface area contributed by atoms with Gasteiger partial charge in [-0.2, -0.15) is 0 Å². The standard InChI is InChI=1S/C15H16N2O5S/c18-13(17-2-4-22-8-12(17)6-14(19)20)5-11-9-23-15(16-11)10-1-3-21-7-10/h1,3,7,9,12H,2,4-6,8H2,(H,19,20). The quantitative estimate of drug-likeness (QED) is 0.892. The van der Waals surface area contributed by atoms with Crippen molar-refractivity contribution in [3.05, 3.63) is 29.7 Å². The summed E-state index contributed by atoms with van der Waals surface area (Å²) in [5.74, 6) is -1.06. The Balaban J connectivity index is 1.67. The second kappa shape index (κ2) is 6.93. The number of carboxylic acids is 1. The number of aromatic nitrogens is 1. The first-order valence-electron chi connectivity index (χ1n) is 7.19. The van der Waals surface area contributed by atoms with Gasteiger partial charge < -0.3 is 19.2 Å². The van der Waals surface area contributed by atoms with E-state index in [0.717, 1.165) is 10.6 Å². The molecule has 0 aromatic carbocycles. The summed E-state index contributed by atoms with van der Waals surface area (Å²) in [7, 11) is 0. The fourth-order valence-electron chi connectivity index (χ4n) is 2.52. The first kappa shape index (κ1) is 15.7. The molecule has 122 valence electrons. The summed E-state index contributed by atoms with van der Waals surface area (Å²) < 4.78 is 10.3. The summed E-state index contributed by atoms with van der Waals surface area (Å²) in [5, 5.41) is 11.6. The maximum atomic E-state index is 12.5. The molecular formula is C15H16N2O5S. The lowest BCUT2D eigenvalue weighted by atomic mass is 10.1. The number of morpholine rings is 1. The van der Waals surface area contributed by atoms with Crippen LogP contribution in [-0.2, 0) is 20.7 Å². The van der Waals surface area contributed by atoms with Gasteiger partial charge >= 0.3 is 5.97 Å².